The Labute approximate surface area is 613 Å². The van der Waals surface area contributed by atoms with Crippen LogP contribution in [0.25, 0.3) is 0 Å². The molecule has 0 amide bonds. The predicted octanol–water partition coefficient (Wildman–Crippen LogP) is 24.3. The van der Waals surface area contributed by atoms with Crippen molar-refractivity contribution in [1.82, 2.24) is 0 Å². The van der Waals surface area contributed by atoms with Crippen LogP contribution in [0.3, 0.4) is 0 Å². The lowest BCUT2D eigenvalue weighted by Crippen LogP contribution is -2.30. The van der Waals surface area contributed by atoms with Crippen LogP contribution in [0.4, 0.5) is 0 Å². The average molecular weight is 1470 g/mol. The molecule has 0 aliphatic rings. The molecule has 0 aromatic heterocycles. The van der Waals surface area contributed by atoms with E-state index in [9.17, 15) is 43.2 Å². The number of hydrogen-bond donors (Lipinski definition) is 3. The molecular formula is C81H158O17P2. The number of carbonyl (C=O) groups is 4. The molecule has 0 bridgehead atoms. The molecular weight excluding hydrogens is 1310 g/mol. The largest absolute Gasteiger partial charge is 0.472 e. The number of carbonyl (C=O) groups excluding carboxylic acids is 4. The van der Waals surface area contributed by atoms with Crippen LogP contribution in [0, 0.1) is 11.8 Å². The lowest BCUT2D eigenvalue weighted by molar-refractivity contribution is -0.161. The Kier molecular flexibility index (Phi) is 71.2. The highest BCUT2D eigenvalue weighted by atomic mass is 31.2. The molecule has 0 saturated carbocycles. The summed E-state index contributed by atoms with van der Waals surface area (Å²) in [6.07, 6.45) is 62.4. The second-order valence-corrected chi connectivity index (χ2v) is 33.0. The van der Waals surface area contributed by atoms with Crippen molar-refractivity contribution in [2.24, 2.45) is 11.8 Å². The van der Waals surface area contributed by atoms with E-state index in [4.69, 9.17) is 37.0 Å². The van der Waals surface area contributed by atoms with Crippen LogP contribution in [-0.4, -0.2) is 96.7 Å². The van der Waals surface area contributed by atoms with Crippen molar-refractivity contribution in [2.75, 3.05) is 39.6 Å². The van der Waals surface area contributed by atoms with Gasteiger partial charge < -0.3 is 33.8 Å². The van der Waals surface area contributed by atoms with Crippen LogP contribution in [0.1, 0.15) is 427 Å². The zero-order valence-corrected chi connectivity index (χ0v) is 67.3. The number of phosphoric ester groups is 2. The van der Waals surface area contributed by atoms with Gasteiger partial charge in [-0.05, 0) is 37.5 Å². The van der Waals surface area contributed by atoms with E-state index in [1.165, 1.54) is 244 Å². The Bertz CT molecular complexity index is 1920. The molecule has 0 spiro atoms. The highest BCUT2D eigenvalue weighted by Gasteiger charge is 2.30. The first-order valence-electron chi connectivity index (χ1n) is 42.0. The molecule has 0 rings (SSSR count). The van der Waals surface area contributed by atoms with Gasteiger partial charge in [0.1, 0.15) is 19.3 Å². The second-order valence-electron chi connectivity index (χ2n) is 30.1. The molecule has 2 unspecified atom stereocenters. The molecule has 0 aromatic carbocycles. The monoisotopic (exact) mass is 1470 g/mol. The van der Waals surface area contributed by atoms with Gasteiger partial charge in [0.25, 0.3) is 0 Å². The summed E-state index contributed by atoms with van der Waals surface area (Å²) < 4.78 is 68.8. The van der Waals surface area contributed by atoms with E-state index in [0.29, 0.717) is 25.7 Å². The fourth-order valence-electron chi connectivity index (χ4n) is 12.5. The predicted molar refractivity (Wildman–Crippen MR) is 409 cm³/mol. The normalized spacial score (nSPS) is 13.9. The van der Waals surface area contributed by atoms with Gasteiger partial charge in [-0.2, -0.15) is 0 Å². The number of unbranched alkanes of at least 4 members (excludes halogenated alkanes) is 50. The molecule has 0 fully saturated rings. The van der Waals surface area contributed by atoms with Gasteiger partial charge in [0.2, 0.25) is 0 Å². The van der Waals surface area contributed by atoms with E-state index in [-0.39, 0.29) is 25.7 Å². The Morgan fingerprint density at radius 2 is 0.460 bits per heavy atom. The zero-order chi connectivity index (χ0) is 73.5. The van der Waals surface area contributed by atoms with Crippen molar-refractivity contribution in [3.05, 3.63) is 0 Å². The Morgan fingerprint density at radius 1 is 0.270 bits per heavy atom. The Balaban J connectivity index is 5.26. The summed E-state index contributed by atoms with van der Waals surface area (Å²) in [6, 6.07) is 0. The summed E-state index contributed by atoms with van der Waals surface area (Å²) in [5.41, 5.74) is 0. The highest BCUT2D eigenvalue weighted by molar-refractivity contribution is 7.47. The third-order valence-corrected chi connectivity index (χ3v) is 20.9. The number of rotatable bonds is 80. The van der Waals surface area contributed by atoms with Crippen LogP contribution in [0.15, 0.2) is 0 Å². The van der Waals surface area contributed by atoms with Gasteiger partial charge in [0.15, 0.2) is 12.2 Å². The van der Waals surface area contributed by atoms with Gasteiger partial charge in [-0.15, -0.1) is 0 Å². The minimum Gasteiger partial charge on any atom is -0.462 e. The molecule has 0 aromatic rings. The van der Waals surface area contributed by atoms with Gasteiger partial charge in [-0.25, -0.2) is 9.13 Å². The summed E-state index contributed by atoms with van der Waals surface area (Å²) in [6.45, 7) is 9.62. The van der Waals surface area contributed by atoms with Crippen molar-refractivity contribution in [3.8, 4) is 0 Å². The van der Waals surface area contributed by atoms with Crippen LogP contribution >= 0.6 is 15.6 Å². The van der Waals surface area contributed by atoms with E-state index in [2.05, 4.69) is 41.5 Å². The number of aliphatic hydroxyl groups is 1. The number of ether oxygens (including phenoxy) is 4. The van der Waals surface area contributed by atoms with Crippen LogP contribution in [-0.2, 0) is 65.4 Å². The third-order valence-electron chi connectivity index (χ3n) is 19.0. The summed E-state index contributed by atoms with van der Waals surface area (Å²) in [5, 5.41) is 10.6. The van der Waals surface area contributed by atoms with Crippen molar-refractivity contribution >= 4 is 39.5 Å². The molecule has 3 N–H and O–H groups in total. The van der Waals surface area contributed by atoms with Gasteiger partial charge in [-0.3, -0.25) is 37.3 Å². The summed E-state index contributed by atoms with van der Waals surface area (Å²) in [5.74, 6) is -0.598. The third kappa shape index (κ3) is 74.3. The zero-order valence-electron chi connectivity index (χ0n) is 65.5. The van der Waals surface area contributed by atoms with E-state index < -0.39 is 97.5 Å². The fraction of sp³-hybridized carbons (Fsp3) is 0.951. The first kappa shape index (κ1) is 98.1. The van der Waals surface area contributed by atoms with Crippen LogP contribution < -0.4 is 0 Å². The smallest absolute Gasteiger partial charge is 0.462 e. The van der Waals surface area contributed by atoms with Gasteiger partial charge in [-0.1, -0.05) is 375 Å². The number of hydrogen-bond acceptors (Lipinski definition) is 15. The topological polar surface area (TPSA) is 237 Å². The van der Waals surface area contributed by atoms with Crippen LogP contribution in [0.5, 0.6) is 0 Å². The molecule has 100 heavy (non-hydrogen) atoms. The minimum absolute atomic E-state index is 0.106. The molecule has 17 nitrogen and oxygen atoms in total. The highest BCUT2D eigenvalue weighted by Crippen LogP contribution is 2.45. The van der Waals surface area contributed by atoms with Gasteiger partial charge >= 0.3 is 39.5 Å². The van der Waals surface area contributed by atoms with E-state index in [0.717, 1.165) is 102 Å². The molecule has 0 radical (unpaired) electrons. The first-order chi connectivity index (χ1) is 48.4. The SMILES string of the molecule is CCCCCCCCCCCCCCCCCCCCC(=O)O[C@H](COC(=O)CCCCCCCCCCCCCCCCCC)COP(=O)(O)OC[C@@H](O)COP(=O)(O)OC[C@@H](COC(=O)CCCCCCCCCCCC(C)C)OC(=O)CCCCCCCCCCCCCC(C)C. The van der Waals surface area contributed by atoms with Gasteiger partial charge in [0.05, 0.1) is 26.4 Å². The standard InChI is InChI=1S/C81H158O17P2/c1-7-9-11-13-15-17-19-21-23-25-26-28-30-34-40-47-53-59-65-80(85)97-76(69-91-78(83)63-57-51-45-39-33-29-27-24-22-20-18-16-14-12-10-8-2)71-95-99(87,88)93-67-75(82)68-94-100(89,90)96-72-77(70-92-79(84)64-58-52-46-42-36-38-44-50-56-62-74(5)6)98-81(86)66-60-54-48-41-35-31-32-37-43-49-55-61-73(3)4/h73-77,82H,7-72H2,1-6H3,(H,87,88)(H,89,90)/t75-,76-,77-/m1/s1. The minimum atomic E-state index is -4.96. The Hall–Kier alpha value is -1.94. The molecule has 5 atom stereocenters. The maximum absolute atomic E-state index is 13.1. The quantitative estimate of drug-likeness (QED) is 0.0222. The summed E-state index contributed by atoms with van der Waals surface area (Å²) in [4.78, 5) is 73.1. The molecule has 19 heteroatoms. The molecule has 594 valence electrons. The van der Waals surface area contributed by atoms with Crippen molar-refractivity contribution < 1.29 is 80.2 Å². The lowest BCUT2D eigenvalue weighted by atomic mass is 10.0. The van der Waals surface area contributed by atoms with Crippen LogP contribution in [0.2, 0.25) is 0 Å². The fourth-order valence-corrected chi connectivity index (χ4v) is 14.1. The van der Waals surface area contributed by atoms with Crippen molar-refractivity contribution in [3.63, 3.8) is 0 Å². The first-order valence-corrected chi connectivity index (χ1v) is 45.0. The van der Waals surface area contributed by atoms with E-state index in [1.54, 1.807) is 0 Å². The van der Waals surface area contributed by atoms with Gasteiger partial charge in [0, 0.05) is 25.7 Å². The average Bonchev–Trinajstić information content (AvgIpc) is 0.967. The number of phosphoric acid groups is 2. The molecule has 0 heterocycles. The molecule has 0 aliphatic heterocycles. The Morgan fingerprint density at radius 3 is 0.680 bits per heavy atom. The maximum Gasteiger partial charge on any atom is 0.472 e. The summed E-state index contributed by atoms with van der Waals surface area (Å²) >= 11 is 0. The lowest BCUT2D eigenvalue weighted by Gasteiger charge is -2.21. The number of esters is 4. The number of aliphatic hydroxyl groups excluding tert-OH is 1. The molecule has 0 aliphatic carbocycles. The van der Waals surface area contributed by atoms with E-state index in [1.807, 2.05) is 0 Å². The van der Waals surface area contributed by atoms with Crippen molar-refractivity contribution in [1.29, 1.82) is 0 Å². The summed E-state index contributed by atoms with van der Waals surface area (Å²) in [7, 11) is -9.92. The maximum atomic E-state index is 13.1. The van der Waals surface area contributed by atoms with E-state index >= 15 is 0 Å². The molecule has 0 saturated heterocycles. The second kappa shape index (κ2) is 72.6. The van der Waals surface area contributed by atoms with Crippen molar-refractivity contribution in [2.45, 2.75) is 445 Å².